The van der Waals surface area contributed by atoms with E-state index in [4.69, 9.17) is 0 Å². The molecule has 2 aromatic rings. The maximum atomic E-state index is 12.7. The summed E-state index contributed by atoms with van der Waals surface area (Å²) in [5.41, 5.74) is 1.90. The monoisotopic (exact) mass is 212 g/mol. The van der Waals surface area contributed by atoms with Gasteiger partial charge in [-0.3, -0.25) is 0 Å². The fraction of sp³-hybridized carbons (Fsp3) is 0. The average molecular weight is 212 g/mol. The Morgan fingerprint density at radius 3 is 2.00 bits per heavy atom. The minimum Gasteiger partial charge on any atom is -0.233 e. The van der Waals surface area contributed by atoms with Crippen LogP contribution in [0.25, 0.3) is 5.57 Å². The fourth-order valence-corrected chi connectivity index (χ4v) is 1.51. The molecular formula is C14H9FO. The van der Waals surface area contributed by atoms with Gasteiger partial charge >= 0.3 is 0 Å². The van der Waals surface area contributed by atoms with Gasteiger partial charge < -0.3 is 0 Å². The van der Waals surface area contributed by atoms with Crippen LogP contribution in [-0.4, -0.2) is 5.94 Å². The lowest BCUT2D eigenvalue weighted by Crippen LogP contribution is -1.88. The first kappa shape index (κ1) is 10.3. The van der Waals surface area contributed by atoms with Crippen LogP contribution in [0.2, 0.25) is 0 Å². The molecule has 0 unspecified atom stereocenters. The van der Waals surface area contributed by atoms with E-state index in [2.05, 4.69) is 0 Å². The summed E-state index contributed by atoms with van der Waals surface area (Å²) in [6, 6.07) is 15.0. The summed E-state index contributed by atoms with van der Waals surface area (Å²) >= 11 is 0. The Balaban J connectivity index is 2.46. The third kappa shape index (κ3) is 2.08. The van der Waals surface area contributed by atoms with E-state index in [1.54, 1.807) is 12.1 Å². The van der Waals surface area contributed by atoms with Crippen LogP contribution in [0, 0.1) is 5.82 Å². The standard InChI is InChI=1S/C14H9FO/c15-13-8-6-12(7-9-13)14(10-16)11-4-2-1-3-5-11/h1-9H. The quantitative estimate of drug-likeness (QED) is 0.699. The number of hydrogen-bond acceptors (Lipinski definition) is 1. The van der Waals surface area contributed by atoms with E-state index in [-0.39, 0.29) is 5.82 Å². The van der Waals surface area contributed by atoms with Crippen LogP contribution in [0.1, 0.15) is 11.1 Å². The number of carbonyl (C=O) groups excluding carboxylic acids is 1. The van der Waals surface area contributed by atoms with Crippen LogP contribution in [0.3, 0.4) is 0 Å². The Bertz CT molecular complexity index is 522. The van der Waals surface area contributed by atoms with Crippen LogP contribution < -0.4 is 0 Å². The van der Waals surface area contributed by atoms with Gasteiger partial charge in [0.2, 0.25) is 0 Å². The van der Waals surface area contributed by atoms with Gasteiger partial charge in [0, 0.05) is 0 Å². The van der Waals surface area contributed by atoms with Crippen LogP contribution >= 0.6 is 0 Å². The van der Waals surface area contributed by atoms with Crippen molar-refractivity contribution in [2.45, 2.75) is 0 Å². The second-order valence-electron chi connectivity index (χ2n) is 3.35. The molecule has 0 heterocycles. The molecule has 0 N–H and O–H groups in total. The first-order valence-corrected chi connectivity index (χ1v) is 4.88. The smallest absolute Gasteiger partial charge is 0.133 e. The molecule has 0 aromatic heterocycles. The normalized spacial score (nSPS) is 9.56. The SMILES string of the molecule is O=C=C(c1ccccc1)c1ccc(F)cc1. The molecule has 0 saturated carbocycles. The molecule has 2 aromatic carbocycles. The Morgan fingerprint density at radius 2 is 1.44 bits per heavy atom. The third-order valence-electron chi connectivity index (χ3n) is 2.30. The van der Waals surface area contributed by atoms with Gasteiger partial charge in [-0.05, 0) is 23.3 Å². The maximum absolute atomic E-state index is 12.7. The van der Waals surface area contributed by atoms with Gasteiger partial charge in [0.15, 0.2) is 0 Å². The highest BCUT2D eigenvalue weighted by atomic mass is 19.1. The highest BCUT2D eigenvalue weighted by Crippen LogP contribution is 2.20. The van der Waals surface area contributed by atoms with E-state index in [1.807, 2.05) is 36.3 Å². The zero-order valence-corrected chi connectivity index (χ0v) is 8.48. The Kier molecular flexibility index (Phi) is 2.95. The van der Waals surface area contributed by atoms with Crippen molar-refractivity contribution >= 4 is 11.5 Å². The lowest BCUT2D eigenvalue weighted by molar-refractivity contribution is 0.569. The van der Waals surface area contributed by atoms with E-state index >= 15 is 0 Å². The van der Waals surface area contributed by atoms with Gasteiger partial charge in [0.1, 0.15) is 11.8 Å². The summed E-state index contributed by atoms with van der Waals surface area (Å²) in [4.78, 5) is 10.9. The minimum atomic E-state index is -0.318. The molecule has 0 aliphatic rings. The van der Waals surface area contributed by atoms with Crippen molar-refractivity contribution in [2.24, 2.45) is 0 Å². The predicted molar refractivity (Wildman–Crippen MR) is 61.0 cm³/mol. The molecule has 16 heavy (non-hydrogen) atoms. The highest BCUT2D eigenvalue weighted by molar-refractivity contribution is 5.96. The van der Waals surface area contributed by atoms with Gasteiger partial charge in [-0.15, -0.1) is 0 Å². The van der Waals surface area contributed by atoms with Crippen molar-refractivity contribution in [2.75, 3.05) is 0 Å². The van der Waals surface area contributed by atoms with E-state index in [0.29, 0.717) is 11.1 Å². The molecule has 2 rings (SSSR count). The lowest BCUT2D eigenvalue weighted by atomic mass is 10.00. The fourth-order valence-electron chi connectivity index (χ4n) is 1.51. The second kappa shape index (κ2) is 4.56. The van der Waals surface area contributed by atoms with Crippen molar-refractivity contribution in [3.8, 4) is 0 Å². The van der Waals surface area contributed by atoms with Crippen molar-refractivity contribution in [1.82, 2.24) is 0 Å². The lowest BCUT2D eigenvalue weighted by Gasteiger charge is -2.03. The van der Waals surface area contributed by atoms with Crippen molar-refractivity contribution in [3.05, 3.63) is 71.5 Å². The molecule has 0 radical (unpaired) electrons. The molecule has 0 aliphatic heterocycles. The predicted octanol–water partition coefficient (Wildman–Crippen LogP) is 3.09. The summed E-state index contributed by atoms with van der Waals surface area (Å²) in [5.74, 6) is 1.58. The summed E-state index contributed by atoms with van der Waals surface area (Å²) in [6.07, 6.45) is 0. The molecule has 0 atom stereocenters. The van der Waals surface area contributed by atoms with E-state index in [1.165, 1.54) is 12.1 Å². The largest absolute Gasteiger partial charge is 0.233 e. The van der Waals surface area contributed by atoms with E-state index in [9.17, 15) is 9.18 Å². The molecule has 0 saturated heterocycles. The number of benzene rings is 2. The molecular weight excluding hydrogens is 203 g/mol. The zero-order valence-electron chi connectivity index (χ0n) is 8.48. The van der Waals surface area contributed by atoms with Crippen molar-refractivity contribution < 1.29 is 9.18 Å². The van der Waals surface area contributed by atoms with Gasteiger partial charge in [0.25, 0.3) is 0 Å². The summed E-state index contributed by atoms with van der Waals surface area (Å²) in [5, 5.41) is 0. The molecule has 2 heteroatoms. The summed E-state index contributed by atoms with van der Waals surface area (Å²) < 4.78 is 12.7. The average Bonchev–Trinajstić information content (AvgIpc) is 2.34. The van der Waals surface area contributed by atoms with Crippen molar-refractivity contribution in [1.29, 1.82) is 0 Å². The van der Waals surface area contributed by atoms with Gasteiger partial charge in [-0.1, -0.05) is 42.5 Å². The topological polar surface area (TPSA) is 17.1 Å². The molecule has 0 fully saturated rings. The molecule has 0 aliphatic carbocycles. The Hall–Kier alpha value is -2.18. The second-order valence-corrected chi connectivity index (χ2v) is 3.35. The van der Waals surface area contributed by atoms with E-state index in [0.717, 1.165) is 5.56 Å². The van der Waals surface area contributed by atoms with Crippen molar-refractivity contribution in [3.63, 3.8) is 0 Å². The molecule has 1 nitrogen and oxygen atoms in total. The highest BCUT2D eigenvalue weighted by Gasteiger charge is 2.05. The van der Waals surface area contributed by atoms with Crippen LogP contribution in [0.5, 0.6) is 0 Å². The first-order valence-electron chi connectivity index (χ1n) is 4.88. The number of rotatable bonds is 2. The first-order chi connectivity index (χ1) is 7.81. The van der Waals surface area contributed by atoms with Crippen LogP contribution in [-0.2, 0) is 4.79 Å². The molecule has 0 bridgehead atoms. The van der Waals surface area contributed by atoms with Gasteiger partial charge in [-0.25, -0.2) is 9.18 Å². The number of hydrogen-bond donors (Lipinski definition) is 0. The minimum absolute atomic E-state index is 0.318. The summed E-state index contributed by atoms with van der Waals surface area (Å²) in [7, 11) is 0. The molecule has 0 spiro atoms. The van der Waals surface area contributed by atoms with Crippen LogP contribution in [0.15, 0.2) is 54.6 Å². The molecule has 0 amide bonds. The maximum Gasteiger partial charge on any atom is 0.133 e. The zero-order chi connectivity index (χ0) is 11.4. The van der Waals surface area contributed by atoms with E-state index < -0.39 is 0 Å². The van der Waals surface area contributed by atoms with Crippen LogP contribution in [0.4, 0.5) is 4.39 Å². The third-order valence-corrected chi connectivity index (χ3v) is 2.30. The Labute approximate surface area is 92.9 Å². The molecule has 78 valence electrons. The summed E-state index contributed by atoms with van der Waals surface area (Å²) in [6.45, 7) is 0. The van der Waals surface area contributed by atoms with Gasteiger partial charge in [-0.2, -0.15) is 0 Å². The Morgan fingerprint density at radius 1 is 0.875 bits per heavy atom. The van der Waals surface area contributed by atoms with Gasteiger partial charge in [0.05, 0.1) is 5.57 Å². The number of halogens is 1.